The third-order valence-electron chi connectivity index (χ3n) is 5.21. The van der Waals surface area contributed by atoms with E-state index in [2.05, 4.69) is 16.0 Å². The number of nitrogens with one attached hydrogen (secondary N) is 4. The van der Waals surface area contributed by atoms with Gasteiger partial charge in [-0.25, -0.2) is 0 Å². The molecule has 0 aromatic heterocycles. The molecule has 1 saturated carbocycles. The van der Waals surface area contributed by atoms with Crippen LogP contribution in [0.3, 0.4) is 0 Å². The molecule has 1 aromatic rings. The van der Waals surface area contributed by atoms with Crippen molar-refractivity contribution in [2.75, 3.05) is 11.9 Å². The third-order valence-corrected chi connectivity index (χ3v) is 5.21. The number of aliphatic hydroxyl groups is 1. The lowest BCUT2D eigenvalue weighted by Crippen LogP contribution is -2.55. The van der Waals surface area contributed by atoms with Crippen LogP contribution in [0.5, 0.6) is 0 Å². The molecule has 1 fully saturated rings. The zero-order valence-corrected chi connectivity index (χ0v) is 18.4. The minimum Gasteiger partial charge on any atom is -0.394 e. The number of benzene rings is 1. The lowest BCUT2D eigenvalue weighted by atomic mass is 9.94. The number of nitrogens with two attached hydrogens (primary N) is 1. The normalized spacial score (nSPS) is 16.1. The van der Waals surface area contributed by atoms with E-state index in [9.17, 15) is 14.7 Å². The number of carbonyl (C=O) groups is 2. The minimum atomic E-state index is -0.930. The second-order valence-corrected chi connectivity index (χ2v) is 7.95. The molecule has 0 heterocycles. The van der Waals surface area contributed by atoms with Crippen molar-refractivity contribution in [3.05, 3.63) is 29.8 Å². The first-order valence-corrected chi connectivity index (χ1v) is 10.2. The third kappa shape index (κ3) is 7.50. The van der Waals surface area contributed by atoms with E-state index in [1.54, 1.807) is 24.3 Å². The van der Waals surface area contributed by atoms with Crippen molar-refractivity contribution in [2.45, 2.75) is 64.1 Å². The van der Waals surface area contributed by atoms with E-state index in [1.807, 2.05) is 13.8 Å². The maximum atomic E-state index is 12.7. The number of aliphatic hydroxyl groups excluding tert-OH is 1. The van der Waals surface area contributed by atoms with Crippen LogP contribution < -0.4 is 21.7 Å². The van der Waals surface area contributed by atoms with Gasteiger partial charge in [0.15, 0.2) is 0 Å². The van der Waals surface area contributed by atoms with Crippen molar-refractivity contribution in [1.29, 1.82) is 5.41 Å². The van der Waals surface area contributed by atoms with Crippen molar-refractivity contribution >= 4 is 35.7 Å². The molecular formula is C21H34ClN5O3. The van der Waals surface area contributed by atoms with Crippen molar-refractivity contribution in [3.63, 3.8) is 0 Å². The Morgan fingerprint density at radius 2 is 1.87 bits per heavy atom. The van der Waals surface area contributed by atoms with E-state index in [-0.39, 0.29) is 36.1 Å². The van der Waals surface area contributed by atoms with Gasteiger partial charge in [0.2, 0.25) is 11.8 Å². The predicted molar refractivity (Wildman–Crippen MR) is 121 cm³/mol. The number of hydrogen-bond acceptors (Lipinski definition) is 5. The van der Waals surface area contributed by atoms with E-state index < -0.39 is 24.6 Å². The maximum Gasteiger partial charge on any atom is 0.245 e. The summed E-state index contributed by atoms with van der Waals surface area (Å²) in [6.45, 7) is 3.32. The second-order valence-electron chi connectivity index (χ2n) is 7.95. The molecule has 2 amide bonds. The van der Waals surface area contributed by atoms with E-state index in [4.69, 9.17) is 11.1 Å². The summed E-state index contributed by atoms with van der Waals surface area (Å²) < 4.78 is 0. The van der Waals surface area contributed by atoms with E-state index in [1.165, 1.54) is 6.42 Å². The highest BCUT2D eigenvalue weighted by molar-refractivity contribution is 5.96. The number of amides is 2. The van der Waals surface area contributed by atoms with Gasteiger partial charge in [0.1, 0.15) is 17.9 Å². The Morgan fingerprint density at radius 3 is 2.43 bits per heavy atom. The maximum absolute atomic E-state index is 12.7. The molecule has 7 N–H and O–H groups in total. The zero-order chi connectivity index (χ0) is 21.4. The molecule has 0 aliphatic heterocycles. The summed E-state index contributed by atoms with van der Waals surface area (Å²) in [4.78, 5) is 25.5. The molecule has 0 spiro atoms. The summed E-state index contributed by atoms with van der Waals surface area (Å²) in [5.74, 6) is -0.824. The van der Waals surface area contributed by atoms with Crippen LogP contribution in [0.2, 0.25) is 0 Å². The van der Waals surface area contributed by atoms with Crippen LogP contribution in [-0.2, 0) is 9.59 Å². The fourth-order valence-corrected chi connectivity index (χ4v) is 3.50. The van der Waals surface area contributed by atoms with Crippen LogP contribution in [0.4, 0.5) is 5.69 Å². The first-order valence-electron chi connectivity index (χ1n) is 10.2. The topological polar surface area (TPSA) is 140 Å². The summed E-state index contributed by atoms with van der Waals surface area (Å²) in [5.41, 5.74) is 6.57. The molecule has 1 aliphatic carbocycles. The first-order chi connectivity index (χ1) is 13.8. The number of hydrogen-bond donors (Lipinski definition) is 6. The molecule has 0 saturated heterocycles. The average molecular weight is 440 g/mol. The van der Waals surface area contributed by atoms with Gasteiger partial charge in [-0.2, -0.15) is 0 Å². The highest BCUT2D eigenvalue weighted by Gasteiger charge is 2.29. The molecule has 168 valence electrons. The molecule has 0 bridgehead atoms. The van der Waals surface area contributed by atoms with E-state index in [0.29, 0.717) is 11.3 Å². The molecular weight excluding hydrogens is 406 g/mol. The van der Waals surface area contributed by atoms with Gasteiger partial charge >= 0.3 is 0 Å². The molecule has 8 nitrogen and oxygen atoms in total. The highest BCUT2D eigenvalue weighted by Crippen LogP contribution is 2.18. The quantitative estimate of drug-likeness (QED) is 0.257. The summed E-state index contributed by atoms with van der Waals surface area (Å²) in [5, 5.41) is 26.0. The molecule has 30 heavy (non-hydrogen) atoms. The Labute approximate surface area is 184 Å². The van der Waals surface area contributed by atoms with Crippen LogP contribution in [0.1, 0.15) is 51.5 Å². The average Bonchev–Trinajstić information content (AvgIpc) is 2.70. The van der Waals surface area contributed by atoms with Crippen LogP contribution >= 0.6 is 12.4 Å². The number of rotatable bonds is 9. The molecule has 2 unspecified atom stereocenters. The standard InChI is InChI=1S/C21H33N5O3.ClH/c1-13(2)18(21(29)25-15-8-4-3-5-9-15)26-20(28)17(12-27)24-16-10-6-7-14(11-16)19(22)23;/h6-7,10-11,13,15,17-18,24,27H,3-5,8-9,12H2,1-2H3,(H3,22,23)(H,25,29)(H,26,28);1H. The van der Waals surface area contributed by atoms with Gasteiger partial charge in [-0.05, 0) is 30.9 Å². The first kappa shape index (κ1) is 25.7. The summed E-state index contributed by atoms with van der Waals surface area (Å²) in [6, 6.07) is 5.30. The SMILES string of the molecule is CC(C)C(NC(=O)C(CO)Nc1cccc(C(=N)N)c1)C(=O)NC1CCCCC1.Cl. The Bertz CT molecular complexity index is 722. The molecule has 9 heteroatoms. The van der Waals surface area contributed by atoms with E-state index >= 15 is 0 Å². The fraction of sp³-hybridized carbons (Fsp3) is 0.571. The Hall–Kier alpha value is -2.32. The lowest BCUT2D eigenvalue weighted by Gasteiger charge is -2.28. The second kappa shape index (κ2) is 12.4. The molecule has 2 rings (SSSR count). The Kier molecular flexibility index (Phi) is 10.6. The molecule has 2 atom stereocenters. The van der Waals surface area contributed by atoms with Crippen molar-refractivity contribution < 1.29 is 14.7 Å². The van der Waals surface area contributed by atoms with Gasteiger partial charge in [-0.3, -0.25) is 15.0 Å². The van der Waals surface area contributed by atoms with E-state index in [0.717, 1.165) is 25.7 Å². The van der Waals surface area contributed by atoms with Crippen molar-refractivity contribution in [1.82, 2.24) is 10.6 Å². The predicted octanol–water partition coefficient (Wildman–Crippen LogP) is 1.75. The van der Waals surface area contributed by atoms with Crippen LogP contribution in [0.15, 0.2) is 24.3 Å². The van der Waals surface area contributed by atoms with Crippen LogP contribution in [0, 0.1) is 11.3 Å². The fourth-order valence-electron chi connectivity index (χ4n) is 3.50. The van der Waals surface area contributed by atoms with Gasteiger partial charge in [-0.15, -0.1) is 12.4 Å². The Morgan fingerprint density at radius 1 is 1.20 bits per heavy atom. The molecule has 1 aromatic carbocycles. The Balaban J connectivity index is 0.00000450. The number of anilines is 1. The van der Waals surface area contributed by atoms with Gasteiger partial charge in [0, 0.05) is 17.3 Å². The van der Waals surface area contributed by atoms with Gasteiger partial charge in [0.05, 0.1) is 6.61 Å². The monoisotopic (exact) mass is 439 g/mol. The lowest BCUT2D eigenvalue weighted by molar-refractivity contribution is -0.131. The molecule has 1 aliphatic rings. The smallest absolute Gasteiger partial charge is 0.245 e. The zero-order valence-electron chi connectivity index (χ0n) is 17.6. The molecule has 0 radical (unpaired) electrons. The highest BCUT2D eigenvalue weighted by atomic mass is 35.5. The number of carbonyl (C=O) groups excluding carboxylic acids is 2. The summed E-state index contributed by atoms with van der Waals surface area (Å²) >= 11 is 0. The number of amidine groups is 1. The van der Waals surface area contributed by atoms with Gasteiger partial charge < -0.3 is 26.8 Å². The number of halogens is 1. The largest absolute Gasteiger partial charge is 0.394 e. The van der Waals surface area contributed by atoms with Crippen molar-refractivity contribution in [2.24, 2.45) is 11.7 Å². The van der Waals surface area contributed by atoms with Gasteiger partial charge in [0.25, 0.3) is 0 Å². The number of nitrogen functional groups attached to an aromatic ring is 1. The van der Waals surface area contributed by atoms with Gasteiger partial charge in [-0.1, -0.05) is 45.2 Å². The summed E-state index contributed by atoms with van der Waals surface area (Å²) in [6.07, 6.45) is 5.36. The van der Waals surface area contributed by atoms with Crippen LogP contribution in [0.25, 0.3) is 0 Å². The summed E-state index contributed by atoms with van der Waals surface area (Å²) in [7, 11) is 0. The minimum absolute atomic E-state index is 0. The van der Waals surface area contributed by atoms with Crippen LogP contribution in [-0.4, -0.2) is 47.5 Å². The van der Waals surface area contributed by atoms with Crippen molar-refractivity contribution in [3.8, 4) is 0 Å².